The van der Waals surface area contributed by atoms with Crippen LogP contribution in [0.3, 0.4) is 0 Å². The largest absolute Gasteiger partial charge is 0.455 e. The van der Waals surface area contributed by atoms with Crippen molar-refractivity contribution in [1.82, 2.24) is 0 Å². The van der Waals surface area contributed by atoms with Crippen LogP contribution >= 0.6 is 11.3 Å². The van der Waals surface area contributed by atoms with E-state index < -0.39 is 8.32 Å². The molecule has 2 nitrogen and oxygen atoms in total. The van der Waals surface area contributed by atoms with Crippen LogP contribution in [0.2, 0.25) is 19.6 Å². The van der Waals surface area contributed by atoms with Gasteiger partial charge in [0.15, 0.2) is 0 Å². The monoisotopic (exact) mass is 213 g/mol. The van der Waals surface area contributed by atoms with E-state index in [4.69, 9.17) is 4.53 Å². The summed E-state index contributed by atoms with van der Waals surface area (Å²) in [5, 5.41) is 6.17. The quantitative estimate of drug-likeness (QED) is 0.429. The standard InChI is InChI=1S/C9H15NOSSi/c1-8(9-6-5-7-12-9)10-11-13(2,3)4/h5-7H,1-4H3. The zero-order valence-corrected chi connectivity index (χ0v) is 10.3. The second-order valence-electron chi connectivity index (χ2n) is 3.86. The van der Waals surface area contributed by atoms with E-state index in [2.05, 4.69) is 30.9 Å². The molecule has 4 heteroatoms. The number of hydrogen-bond acceptors (Lipinski definition) is 3. The Hall–Kier alpha value is -0.613. The molecule has 0 aliphatic carbocycles. The van der Waals surface area contributed by atoms with Crippen molar-refractivity contribution in [2.75, 3.05) is 0 Å². The summed E-state index contributed by atoms with van der Waals surface area (Å²) in [4.78, 5) is 1.18. The molecule has 0 fully saturated rings. The van der Waals surface area contributed by atoms with Gasteiger partial charge in [-0.2, -0.15) is 0 Å². The zero-order chi connectivity index (χ0) is 9.90. The Bertz CT molecular complexity index is 287. The van der Waals surface area contributed by atoms with Crippen molar-refractivity contribution in [1.29, 1.82) is 0 Å². The maximum atomic E-state index is 5.45. The SMILES string of the molecule is CC(=NO[Si](C)(C)C)c1cccs1. The summed E-state index contributed by atoms with van der Waals surface area (Å²) >= 11 is 1.69. The molecule has 0 atom stereocenters. The molecule has 0 N–H and O–H groups in total. The summed E-state index contributed by atoms with van der Waals surface area (Å²) in [6, 6.07) is 4.07. The highest BCUT2D eigenvalue weighted by Gasteiger charge is 2.16. The first-order chi connectivity index (χ1) is 5.99. The lowest BCUT2D eigenvalue weighted by atomic mass is 10.3. The molecule has 72 valence electrons. The van der Waals surface area contributed by atoms with Gasteiger partial charge in [0.25, 0.3) is 8.32 Å². The van der Waals surface area contributed by atoms with E-state index in [9.17, 15) is 0 Å². The predicted molar refractivity (Wildman–Crippen MR) is 61.0 cm³/mol. The maximum Gasteiger partial charge on any atom is 0.278 e. The van der Waals surface area contributed by atoms with Crippen LogP contribution in [0.25, 0.3) is 0 Å². The van der Waals surface area contributed by atoms with Crippen LogP contribution in [0.15, 0.2) is 22.7 Å². The molecular weight excluding hydrogens is 198 g/mol. The van der Waals surface area contributed by atoms with Gasteiger partial charge in [0, 0.05) is 0 Å². The summed E-state index contributed by atoms with van der Waals surface area (Å²) in [6.45, 7) is 8.35. The number of rotatable bonds is 3. The van der Waals surface area contributed by atoms with Gasteiger partial charge in [-0.1, -0.05) is 6.07 Å². The highest BCUT2D eigenvalue weighted by molar-refractivity contribution is 7.12. The van der Waals surface area contributed by atoms with E-state index in [1.165, 1.54) is 4.88 Å². The first kappa shape index (κ1) is 10.5. The van der Waals surface area contributed by atoms with Crippen LogP contribution in [0.1, 0.15) is 11.8 Å². The summed E-state index contributed by atoms with van der Waals surface area (Å²) in [5.74, 6) is 0. The normalized spacial score (nSPS) is 13.1. The lowest BCUT2D eigenvalue weighted by Gasteiger charge is -2.13. The van der Waals surface area contributed by atoms with E-state index in [1.54, 1.807) is 11.3 Å². The average Bonchev–Trinajstić information content (AvgIpc) is 2.50. The third kappa shape index (κ3) is 3.74. The average molecular weight is 213 g/mol. The minimum atomic E-state index is -1.52. The van der Waals surface area contributed by atoms with E-state index in [0.717, 1.165) is 5.71 Å². The first-order valence-electron chi connectivity index (χ1n) is 4.26. The van der Waals surface area contributed by atoms with E-state index in [1.807, 2.05) is 18.4 Å². The van der Waals surface area contributed by atoms with Gasteiger partial charge in [0.05, 0.1) is 10.6 Å². The lowest BCUT2D eigenvalue weighted by Crippen LogP contribution is -2.22. The molecule has 0 bridgehead atoms. The summed E-state index contributed by atoms with van der Waals surface area (Å²) in [7, 11) is -1.52. The molecule has 0 saturated carbocycles. The van der Waals surface area contributed by atoms with Gasteiger partial charge in [-0.25, -0.2) is 0 Å². The van der Waals surface area contributed by atoms with Gasteiger partial charge >= 0.3 is 0 Å². The smallest absolute Gasteiger partial charge is 0.278 e. The summed E-state index contributed by atoms with van der Waals surface area (Å²) < 4.78 is 5.45. The fraction of sp³-hybridized carbons (Fsp3) is 0.444. The molecule has 0 amide bonds. The minimum absolute atomic E-state index is 0.970. The van der Waals surface area contributed by atoms with Crippen LogP contribution in [-0.4, -0.2) is 14.0 Å². The lowest BCUT2D eigenvalue weighted by molar-refractivity contribution is 0.335. The summed E-state index contributed by atoms with van der Waals surface area (Å²) in [5.41, 5.74) is 0.970. The number of nitrogens with zero attached hydrogens (tertiary/aromatic N) is 1. The fourth-order valence-electron chi connectivity index (χ4n) is 0.735. The molecule has 0 unspecified atom stereocenters. The van der Waals surface area contributed by atoms with Gasteiger partial charge in [0.1, 0.15) is 0 Å². The van der Waals surface area contributed by atoms with Crippen molar-refractivity contribution < 1.29 is 4.53 Å². The number of thiophene rings is 1. The number of hydrogen-bond donors (Lipinski definition) is 0. The molecule has 0 aromatic carbocycles. The molecule has 0 saturated heterocycles. The highest BCUT2D eigenvalue weighted by atomic mass is 32.1. The molecule has 1 heterocycles. The molecule has 0 radical (unpaired) electrons. The molecular formula is C9H15NOSSi. The van der Waals surface area contributed by atoms with Crippen molar-refractivity contribution >= 4 is 25.4 Å². The Morgan fingerprint density at radius 1 is 1.46 bits per heavy atom. The van der Waals surface area contributed by atoms with Crippen molar-refractivity contribution in [3.05, 3.63) is 22.4 Å². The van der Waals surface area contributed by atoms with Gasteiger partial charge in [-0.3, -0.25) is 0 Å². The van der Waals surface area contributed by atoms with Crippen LogP contribution in [0.5, 0.6) is 0 Å². The predicted octanol–water partition coefficient (Wildman–Crippen LogP) is 3.32. The second-order valence-corrected chi connectivity index (χ2v) is 9.21. The topological polar surface area (TPSA) is 21.6 Å². The molecule has 1 rings (SSSR count). The molecule has 13 heavy (non-hydrogen) atoms. The Morgan fingerprint density at radius 3 is 2.62 bits per heavy atom. The highest BCUT2D eigenvalue weighted by Crippen LogP contribution is 2.11. The van der Waals surface area contributed by atoms with Crippen molar-refractivity contribution in [3.63, 3.8) is 0 Å². The van der Waals surface area contributed by atoms with Crippen LogP contribution < -0.4 is 0 Å². The second kappa shape index (κ2) is 4.06. The van der Waals surface area contributed by atoms with E-state index in [-0.39, 0.29) is 0 Å². The Balaban J connectivity index is 2.63. The Kier molecular flexibility index (Phi) is 3.27. The third-order valence-corrected chi connectivity index (χ3v) is 2.95. The molecule has 0 spiro atoms. The van der Waals surface area contributed by atoms with E-state index >= 15 is 0 Å². The minimum Gasteiger partial charge on any atom is -0.455 e. The van der Waals surface area contributed by atoms with Gasteiger partial charge in [-0.15, -0.1) is 16.5 Å². The van der Waals surface area contributed by atoms with Gasteiger partial charge < -0.3 is 4.53 Å². The van der Waals surface area contributed by atoms with Crippen LogP contribution in [0.4, 0.5) is 0 Å². The van der Waals surface area contributed by atoms with Gasteiger partial charge in [0.2, 0.25) is 0 Å². The van der Waals surface area contributed by atoms with Crippen LogP contribution in [0, 0.1) is 0 Å². The first-order valence-corrected chi connectivity index (χ1v) is 8.54. The van der Waals surface area contributed by atoms with Gasteiger partial charge in [-0.05, 0) is 38.0 Å². The van der Waals surface area contributed by atoms with Crippen molar-refractivity contribution in [2.45, 2.75) is 26.6 Å². The molecule has 0 aliphatic heterocycles. The molecule has 1 aromatic heterocycles. The fourth-order valence-corrected chi connectivity index (χ4v) is 1.81. The molecule has 0 aliphatic rings. The summed E-state index contributed by atoms with van der Waals surface area (Å²) in [6.07, 6.45) is 0. The van der Waals surface area contributed by atoms with E-state index in [0.29, 0.717) is 0 Å². The van der Waals surface area contributed by atoms with Crippen LogP contribution in [-0.2, 0) is 4.53 Å². The van der Waals surface area contributed by atoms with Crippen molar-refractivity contribution in [3.8, 4) is 0 Å². The Morgan fingerprint density at radius 2 is 2.15 bits per heavy atom. The Labute approximate surface area is 84.4 Å². The van der Waals surface area contributed by atoms with Crippen molar-refractivity contribution in [2.24, 2.45) is 5.16 Å². The maximum absolute atomic E-state index is 5.45. The third-order valence-electron chi connectivity index (χ3n) is 1.33. The number of oxime groups is 1. The zero-order valence-electron chi connectivity index (χ0n) is 8.50. The molecule has 1 aromatic rings.